The quantitative estimate of drug-likeness (QED) is 0.736. The second kappa shape index (κ2) is 6.32. The molecule has 0 saturated heterocycles. The predicted molar refractivity (Wildman–Crippen MR) is 87.9 cm³/mol. The Bertz CT molecular complexity index is 387. The minimum atomic E-state index is 0.149. The van der Waals surface area contributed by atoms with Crippen LogP contribution in [0.2, 0.25) is 0 Å². The number of thioether (sulfide) groups is 1. The summed E-state index contributed by atoms with van der Waals surface area (Å²) in [6.07, 6.45) is 3.27. The number of hydrogen-bond acceptors (Lipinski definition) is 2. The molecule has 19 heavy (non-hydrogen) atoms. The molecule has 1 nitrogen and oxygen atoms in total. The van der Waals surface area contributed by atoms with Gasteiger partial charge in [-0.15, -0.1) is 11.8 Å². The van der Waals surface area contributed by atoms with Crippen LogP contribution in [0.5, 0.6) is 0 Å². The van der Waals surface area contributed by atoms with Crippen molar-refractivity contribution in [2.75, 3.05) is 6.26 Å². The summed E-state index contributed by atoms with van der Waals surface area (Å²) in [6, 6.07) is 9.25. The van der Waals surface area contributed by atoms with Gasteiger partial charge in [0.2, 0.25) is 0 Å². The van der Waals surface area contributed by atoms with E-state index >= 15 is 0 Å². The summed E-state index contributed by atoms with van der Waals surface area (Å²) in [4.78, 5) is 1.32. The fourth-order valence-electron chi connectivity index (χ4n) is 2.94. The SMILES string of the molecule is CSc1ccc(C(C)NC(C)(C)CC(C)(C)C)cc1. The van der Waals surface area contributed by atoms with Gasteiger partial charge in [0.05, 0.1) is 0 Å². The maximum atomic E-state index is 3.76. The lowest BCUT2D eigenvalue weighted by atomic mass is 9.81. The molecule has 0 spiro atoms. The van der Waals surface area contributed by atoms with E-state index in [-0.39, 0.29) is 5.54 Å². The third-order valence-corrected chi connectivity index (χ3v) is 3.94. The number of nitrogens with one attached hydrogen (secondary N) is 1. The highest BCUT2D eigenvalue weighted by Crippen LogP contribution is 2.29. The number of hydrogen-bond donors (Lipinski definition) is 1. The lowest BCUT2D eigenvalue weighted by molar-refractivity contribution is 0.227. The maximum Gasteiger partial charge on any atom is 0.0296 e. The molecule has 0 aliphatic rings. The smallest absolute Gasteiger partial charge is 0.0296 e. The van der Waals surface area contributed by atoms with E-state index in [1.807, 2.05) is 0 Å². The third kappa shape index (κ3) is 6.01. The largest absolute Gasteiger partial charge is 0.305 e. The molecule has 1 atom stereocenters. The summed E-state index contributed by atoms with van der Waals surface area (Å²) < 4.78 is 0. The molecule has 0 radical (unpaired) electrons. The van der Waals surface area contributed by atoms with Crippen molar-refractivity contribution < 1.29 is 0 Å². The molecule has 108 valence electrons. The average molecular weight is 279 g/mol. The van der Waals surface area contributed by atoms with Crippen LogP contribution in [0, 0.1) is 5.41 Å². The van der Waals surface area contributed by atoms with Crippen LogP contribution < -0.4 is 5.32 Å². The van der Waals surface area contributed by atoms with Crippen molar-refractivity contribution in [3.8, 4) is 0 Å². The van der Waals surface area contributed by atoms with Gasteiger partial charge in [-0.3, -0.25) is 0 Å². The first-order valence-corrected chi connectivity index (χ1v) is 8.27. The van der Waals surface area contributed by atoms with Crippen LogP contribution in [0.15, 0.2) is 29.2 Å². The predicted octanol–water partition coefficient (Wildman–Crippen LogP) is 5.27. The van der Waals surface area contributed by atoms with Gasteiger partial charge in [0, 0.05) is 16.5 Å². The molecule has 1 aromatic rings. The highest BCUT2D eigenvalue weighted by atomic mass is 32.2. The first-order valence-electron chi connectivity index (χ1n) is 7.05. The second-order valence-corrected chi connectivity index (χ2v) is 8.14. The molecular formula is C17H29NS. The van der Waals surface area contributed by atoms with Crippen LogP contribution in [-0.2, 0) is 0 Å². The monoisotopic (exact) mass is 279 g/mol. The molecular weight excluding hydrogens is 250 g/mol. The minimum absolute atomic E-state index is 0.149. The van der Waals surface area contributed by atoms with E-state index in [1.165, 1.54) is 10.5 Å². The van der Waals surface area contributed by atoms with Gasteiger partial charge in [0.15, 0.2) is 0 Å². The van der Waals surface area contributed by atoms with Gasteiger partial charge in [-0.2, -0.15) is 0 Å². The molecule has 0 amide bonds. The molecule has 0 aliphatic carbocycles. The first-order chi connectivity index (χ1) is 8.63. The molecule has 0 aliphatic heterocycles. The summed E-state index contributed by atoms with van der Waals surface area (Å²) in [5.74, 6) is 0. The standard InChI is InChI=1S/C17H29NS/c1-13(14-8-10-15(19-7)11-9-14)18-17(5,6)12-16(2,3)4/h8-11,13,18H,12H2,1-7H3. The molecule has 1 aromatic carbocycles. The highest BCUT2D eigenvalue weighted by molar-refractivity contribution is 7.98. The van der Waals surface area contributed by atoms with Crippen LogP contribution in [0.3, 0.4) is 0 Å². The number of benzene rings is 1. The molecule has 1 N–H and O–H groups in total. The Morgan fingerprint density at radius 2 is 1.58 bits per heavy atom. The molecule has 1 rings (SSSR count). The zero-order valence-electron chi connectivity index (χ0n) is 13.5. The van der Waals surface area contributed by atoms with Crippen LogP contribution >= 0.6 is 11.8 Å². The van der Waals surface area contributed by atoms with E-state index < -0.39 is 0 Å². The van der Waals surface area contributed by atoms with Crippen LogP contribution in [-0.4, -0.2) is 11.8 Å². The fraction of sp³-hybridized carbons (Fsp3) is 0.647. The van der Waals surface area contributed by atoms with Crippen LogP contribution in [0.4, 0.5) is 0 Å². The Labute approximate surface area is 123 Å². The molecule has 1 unspecified atom stereocenters. The van der Waals surface area contributed by atoms with Gasteiger partial charge >= 0.3 is 0 Å². The topological polar surface area (TPSA) is 12.0 Å². The van der Waals surface area contributed by atoms with Crippen molar-refractivity contribution in [1.82, 2.24) is 5.32 Å². The Morgan fingerprint density at radius 3 is 2.00 bits per heavy atom. The average Bonchev–Trinajstić information content (AvgIpc) is 2.25. The Morgan fingerprint density at radius 1 is 1.05 bits per heavy atom. The number of rotatable bonds is 5. The van der Waals surface area contributed by atoms with E-state index in [0.717, 1.165) is 6.42 Å². The van der Waals surface area contributed by atoms with Crippen molar-refractivity contribution in [1.29, 1.82) is 0 Å². The van der Waals surface area contributed by atoms with E-state index in [9.17, 15) is 0 Å². The van der Waals surface area contributed by atoms with Crippen molar-refractivity contribution in [2.24, 2.45) is 5.41 Å². The Kier molecular flexibility index (Phi) is 5.52. The molecule has 0 aromatic heterocycles. The zero-order valence-corrected chi connectivity index (χ0v) is 14.3. The van der Waals surface area contributed by atoms with Crippen molar-refractivity contribution in [3.63, 3.8) is 0 Å². The van der Waals surface area contributed by atoms with Gasteiger partial charge < -0.3 is 5.32 Å². The van der Waals surface area contributed by atoms with Crippen molar-refractivity contribution >= 4 is 11.8 Å². The molecule has 0 heterocycles. The maximum absolute atomic E-state index is 3.76. The van der Waals surface area contributed by atoms with E-state index in [1.54, 1.807) is 11.8 Å². The van der Waals surface area contributed by atoms with E-state index in [4.69, 9.17) is 0 Å². The summed E-state index contributed by atoms with van der Waals surface area (Å²) in [5.41, 5.74) is 1.86. The summed E-state index contributed by atoms with van der Waals surface area (Å²) >= 11 is 1.79. The van der Waals surface area contributed by atoms with Crippen LogP contribution in [0.1, 0.15) is 59.6 Å². The van der Waals surface area contributed by atoms with Gasteiger partial charge in [-0.1, -0.05) is 32.9 Å². The molecule has 0 bridgehead atoms. The zero-order chi connectivity index (χ0) is 14.7. The van der Waals surface area contributed by atoms with Gasteiger partial charge in [-0.05, 0) is 56.6 Å². The van der Waals surface area contributed by atoms with E-state index in [2.05, 4.69) is 77.4 Å². The van der Waals surface area contributed by atoms with Gasteiger partial charge in [-0.25, -0.2) is 0 Å². The van der Waals surface area contributed by atoms with Gasteiger partial charge in [0.25, 0.3) is 0 Å². The Hall–Kier alpha value is -0.470. The van der Waals surface area contributed by atoms with Crippen LogP contribution in [0.25, 0.3) is 0 Å². The fourth-order valence-corrected chi connectivity index (χ4v) is 3.35. The molecule has 2 heteroatoms. The summed E-state index contributed by atoms with van der Waals surface area (Å²) in [7, 11) is 0. The normalized spacial score (nSPS) is 14.5. The summed E-state index contributed by atoms with van der Waals surface area (Å²) in [6.45, 7) is 13.7. The van der Waals surface area contributed by atoms with Crippen molar-refractivity contribution in [3.05, 3.63) is 29.8 Å². The van der Waals surface area contributed by atoms with Crippen molar-refractivity contribution in [2.45, 2.75) is 64.4 Å². The Balaban J connectivity index is 2.69. The lowest BCUT2D eigenvalue weighted by Crippen LogP contribution is -2.43. The first kappa shape index (κ1) is 16.6. The summed E-state index contributed by atoms with van der Waals surface area (Å²) in [5, 5.41) is 3.76. The third-order valence-electron chi connectivity index (χ3n) is 3.20. The van der Waals surface area contributed by atoms with E-state index in [0.29, 0.717) is 11.5 Å². The molecule has 0 saturated carbocycles. The lowest BCUT2D eigenvalue weighted by Gasteiger charge is -2.36. The molecule has 0 fully saturated rings. The minimum Gasteiger partial charge on any atom is -0.305 e. The van der Waals surface area contributed by atoms with Gasteiger partial charge in [0.1, 0.15) is 0 Å². The second-order valence-electron chi connectivity index (χ2n) is 7.26. The highest BCUT2D eigenvalue weighted by Gasteiger charge is 2.26.